The number of benzene rings is 4. The van der Waals surface area contributed by atoms with Crippen molar-refractivity contribution in [3.8, 4) is 51.3 Å². The first-order valence-corrected chi connectivity index (χ1v) is 14.1. The summed E-state index contributed by atoms with van der Waals surface area (Å²) < 4.78 is 40.8. The number of para-hydroxylation sites is 1. The number of esters is 1. The van der Waals surface area contributed by atoms with Gasteiger partial charge >= 0.3 is 5.97 Å². The Morgan fingerprint density at radius 2 is 1.30 bits per heavy atom. The summed E-state index contributed by atoms with van der Waals surface area (Å²) >= 11 is 0. The van der Waals surface area contributed by atoms with Gasteiger partial charge in [-0.25, -0.2) is 4.79 Å². The van der Waals surface area contributed by atoms with E-state index in [0.717, 1.165) is 5.56 Å². The van der Waals surface area contributed by atoms with E-state index in [0.29, 0.717) is 62.4 Å². The van der Waals surface area contributed by atoms with Crippen molar-refractivity contribution in [1.82, 2.24) is 4.57 Å². The molecule has 0 aliphatic carbocycles. The van der Waals surface area contributed by atoms with Crippen molar-refractivity contribution >= 4 is 22.4 Å². The lowest BCUT2D eigenvalue weighted by Crippen LogP contribution is -2.27. The zero-order valence-electron chi connectivity index (χ0n) is 26.3. The van der Waals surface area contributed by atoms with Crippen LogP contribution in [0.15, 0.2) is 77.6 Å². The molecule has 1 heterocycles. The fourth-order valence-electron chi connectivity index (χ4n) is 5.33. The van der Waals surface area contributed by atoms with Crippen LogP contribution < -0.4 is 39.7 Å². The third kappa shape index (κ3) is 5.70. The standard InChI is InChI=1S/C35H34N2O9/c1-40-26-10-8-7-9-20(26)19-46-28-18-25-24(17-27(28)41-2)31(21-15-29(42-3)33(44-5)30(16-21)43-4)32(35(39)45-6)37(34(25)38)23-13-11-22(36)12-14-23/h7-18H,19,36H2,1-6H3. The Labute approximate surface area is 265 Å². The first-order valence-electron chi connectivity index (χ1n) is 14.1. The number of rotatable bonds is 11. The summed E-state index contributed by atoms with van der Waals surface area (Å²) in [7, 11) is 8.80. The van der Waals surface area contributed by atoms with Crippen LogP contribution in [0.5, 0.6) is 34.5 Å². The van der Waals surface area contributed by atoms with E-state index in [1.807, 2.05) is 24.3 Å². The molecule has 0 saturated heterocycles. The van der Waals surface area contributed by atoms with Gasteiger partial charge in [-0.1, -0.05) is 18.2 Å². The van der Waals surface area contributed by atoms with Gasteiger partial charge in [0.15, 0.2) is 23.0 Å². The quantitative estimate of drug-likeness (QED) is 0.145. The number of pyridine rings is 1. The molecule has 46 heavy (non-hydrogen) atoms. The summed E-state index contributed by atoms with van der Waals surface area (Å²) in [5, 5.41) is 0.636. The maximum absolute atomic E-state index is 14.4. The molecule has 0 saturated carbocycles. The summed E-state index contributed by atoms with van der Waals surface area (Å²) in [4.78, 5) is 28.1. The molecule has 0 atom stereocenters. The van der Waals surface area contributed by atoms with Crippen molar-refractivity contribution < 1.29 is 38.0 Å². The number of ether oxygens (including phenoxy) is 7. The fourth-order valence-corrected chi connectivity index (χ4v) is 5.33. The number of anilines is 1. The number of nitrogen functional groups attached to an aromatic ring is 1. The number of hydrogen-bond donors (Lipinski definition) is 1. The van der Waals surface area contributed by atoms with Gasteiger partial charge in [0.25, 0.3) is 5.56 Å². The summed E-state index contributed by atoms with van der Waals surface area (Å²) in [5.41, 5.74) is 7.94. The highest BCUT2D eigenvalue weighted by atomic mass is 16.5. The monoisotopic (exact) mass is 626 g/mol. The minimum atomic E-state index is -0.755. The first kappa shape index (κ1) is 31.6. The molecule has 0 radical (unpaired) electrons. The molecule has 0 spiro atoms. The topological polar surface area (TPSA) is 130 Å². The minimum Gasteiger partial charge on any atom is -0.496 e. The lowest BCUT2D eigenvalue weighted by Gasteiger charge is -2.21. The van der Waals surface area contributed by atoms with Crippen LogP contribution in [0.4, 0.5) is 5.69 Å². The molecule has 1 aromatic heterocycles. The van der Waals surface area contributed by atoms with E-state index in [2.05, 4.69) is 0 Å². The predicted octanol–water partition coefficient (Wildman–Crippen LogP) is 5.65. The molecule has 11 nitrogen and oxygen atoms in total. The number of nitrogens with zero attached hydrogens (tertiary/aromatic N) is 1. The maximum atomic E-state index is 14.4. The number of carbonyl (C=O) groups excluding carboxylic acids is 1. The van der Waals surface area contributed by atoms with Crippen LogP contribution in [0.3, 0.4) is 0 Å². The lowest BCUT2D eigenvalue weighted by molar-refractivity contribution is 0.0591. The van der Waals surface area contributed by atoms with E-state index < -0.39 is 11.5 Å². The fraction of sp³-hybridized carbons (Fsp3) is 0.200. The molecular formula is C35H34N2O9. The number of nitrogens with two attached hydrogens (primary N) is 1. The van der Waals surface area contributed by atoms with Gasteiger partial charge < -0.3 is 38.9 Å². The molecule has 0 amide bonds. The van der Waals surface area contributed by atoms with Gasteiger partial charge in [-0.15, -0.1) is 0 Å². The molecule has 0 aliphatic heterocycles. The van der Waals surface area contributed by atoms with Crippen molar-refractivity contribution in [2.45, 2.75) is 6.61 Å². The molecule has 4 aromatic carbocycles. The normalized spacial score (nSPS) is 10.7. The van der Waals surface area contributed by atoms with E-state index in [4.69, 9.17) is 38.9 Å². The molecule has 0 aliphatic rings. The molecular weight excluding hydrogens is 592 g/mol. The second-order valence-electron chi connectivity index (χ2n) is 10.0. The second-order valence-corrected chi connectivity index (χ2v) is 10.0. The molecule has 11 heteroatoms. The number of aromatic nitrogens is 1. The maximum Gasteiger partial charge on any atom is 0.355 e. The number of hydrogen-bond acceptors (Lipinski definition) is 10. The average Bonchev–Trinajstić information content (AvgIpc) is 3.09. The summed E-state index contributed by atoms with van der Waals surface area (Å²) in [6.07, 6.45) is 0. The van der Waals surface area contributed by atoms with Crippen LogP contribution in [0.2, 0.25) is 0 Å². The Hall–Kier alpha value is -5.84. The summed E-state index contributed by atoms with van der Waals surface area (Å²) in [6, 6.07) is 20.7. The molecule has 0 bridgehead atoms. The van der Waals surface area contributed by atoms with Crippen LogP contribution >= 0.6 is 0 Å². The van der Waals surface area contributed by atoms with Gasteiger partial charge in [-0.3, -0.25) is 9.36 Å². The highest BCUT2D eigenvalue weighted by Crippen LogP contribution is 2.45. The van der Waals surface area contributed by atoms with Gasteiger partial charge in [-0.05, 0) is 60.2 Å². The molecule has 5 rings (SSSR count). The van der Waals surface area contributed by atoms with Crippen LogP contribution in [0.1, 0.15) is 16.1 Å². The van der Waals surface area contributed by atoms with Crippen molar-refractivity contribution in [2.24, 2.45) is 0 Å². The van der Waals surface area contributed by atoms with Gasteiger partial charge in [0.05, 0.1) is 48.0 Å². The average molecular weight is 627 g/mol. The zero-order valence-corrected chi connectivity index (χ0v) is 26.3. The van der Waals surface area contributed by atoms with E-state index in [-0.39, 0.29) is 17.7 Å². The highest BCUT2D eigenvalue weighted by molar-refractivity contribution is 6.08. The number of methoxy groups -OCH3 is 6. The molecule has 0 unspecified atom stereocenters. The van der Waals surface area contributed by atoms with Gasteiger partial charge in [0, 0.05) is 27.9 Å². The predicted molar refractivity (Wildman–Crippen MR) is 174 cm³/mol. The first-order chi connectivity index (χ1) is 22.3. The zero-order chi connectivity index (χ0) is 33.0. The Morgan fingerprint density at radius 1 is 0.696 bits per heavy atom. The van der Waals surface area contributed by atoms with E-state index in [1.165, 1.54) is 40.1 Å². The molecule has 238 valence electrons. The molecule has 2 N–H and O–H groups in total. The van der Waals surface area contributed by atoms with E-state index in [9.17, 15) is 9.59 Å². The Bertz CT molecular complexity index is 1940. The summed E-state index contributed by atoms with van der Waals surface area (Å²) in [6.45, 7) is 0.137. The Morgan fingerprint density at radius 3 is 1.89 bits per heavy atom. The second kappa shape index (κ2) is 13.4. The van der Waals surface area contributed by atoms with E-state index >= 15 is 0 Å². The van der Waals surface area contributed by atoms with Gasteiger partial charge in [0.1, 0.15) is 18.1 Å². The third-order valence-electron chi connectivity index (χ3n) is 7.53. The van der Waals surface area contributed by atoms with Crippen molar-refractivity contribution in [1.29, 1.82) is 0 Å². The van der Waals surface area contributed by atoms with Crippen LogP contribution in [-0.2, 0) is 11.3 Å². The summed E-state index contributed by atoms with van der Waals surface area (Å²) in [5.74, 6) is 1.58. The van der Waals surface area contributed by atoms with E-state index in [1.54, 1.807) is 55.6 Å². The van der Waals surface area contributed by atoms with Crippen LogP contribution in [0, 0.1) is 0 Å². The smallest absolute Gasteiger partial charge is 0.355 e. The van der Waals surface area contributed by atoms with Crippen molar-refractivity contribution in [3.05, 3.63) is 94.4 Å². The largest absolute Gasteiger partial charge is 0.496 e. The Balaban J connectivity index is 1.89. The Kier molecular flexibility index (Phi) is 9.22. The molecule has 5 aromatic rings. The number of carbonyl (C=O) groups is 1. The van der Waals surface area contributed by atoms with Crippen molar-refractivity contribution in [3.63, 3.8) is 0 Å². The van der Waals surface area contributed by atoms with Crippen LogP contribution in [0.25, 0.3) is 27.6 Å². The number of fused-ring (bicyclic) bond motifs is 1. The minimum absolute atomic E-state index is 0.0382. The van der Waals surface area contributed by atoms with Gasteiger partial charge in [-0.2, -0.15) is 0 Å². The lowest BCUT2D eigenvalue weighted by atomic mass is 9.95. The van der Waals surface area contributed by atoms with Crippen LogP contribution in [-0.4, -0.2) is 53.2 Å². The van der Waals surface area contributed by atoms with Gasteiger partial charge in [0.2, 0.25) is 5.75 Å². The molecule has 0 fully saturated rings. The van der Waals surface area contributed by atoms with Crippen molar-refractivity contribution in [2.75, 3.05) is 48.4 Å². The third-order valence-corrected chi connectivity index (χ3v) is 7.53. The SMILES string of the molecule is COC(=O)c1c(-c2cc(OC)c(OC)c(OC)c2)c2cc(OC)c(OCc3ccccc3OC)cc2c(=O)n1-c1ccc(N)cc1. The highest BCUT2D eigenvalue weighted by Gasteiger charge is 2.28.